The highest BCUT2D eigenvalue weighted by Gasteiger charge is 2.28. The zero-order valence-electron chi connectivity index (χ0n) is 8.81. The van der Waals surface area contributed by atoms with Gasteiger partial charge in [-0.1, -0.05) is 0 Å². The molecule has 1 aromatic carbocycles. The number of carbonyl (C=O) groups excluding carboxylic acids is 1. The number of methoxy groups -OCH3 is 1. The SMILES string of the molecule is COc1cc(N2CC(S)CC2=O)ccc1F. The van der Waals surface area contributed by atoms with Crippen LogP contribution in [0.5, 0.6) is 5.75 Å². The fourth-order valence-corrected chi connectivity index (χ4v) is 2.07. The van der Waals surface area contributed by atoms with Crippen LogP contribution in [-0.2, 0) is 4.79 Å². The quantitative estimate of drug-likeness (QED) is 0.801. The number of nitrogens with zero attached hydrogens (tertiary/aromatic N) is 1. The molecule has 1 unspecified atom stereocenters. The lowest BCUT2D eigenvalue weighted by atomic mass is 10.2. The number of rotatable bonds is 2. The fourth-order valence-electron chi connectivity index (χ4n) is 1.75. The highest BCUT2D eigenvalue weighted by atomic mass is 32.1. The molecule has 1 aromatic rings. The number of anilines is 1. The van der Waals surface area contributed by atoms with Gasteiger partial charge in [0.2, 0.25) is 5.91 Å². The largest absolute Gasteiger partial charge is 0.494 e. The van der Waals surface area contributed by atoms with Crippen LogP contribution < -0.4 is 9.64 Å². The van der Waals surface area contributed by atoms with Gasteiger partial charge in [-0.25, -0.2) is 4.39 Å². The summed E-state index contributed by atoms with van der Waals surface area (Å²) < 4.78 is 18.1. The van der Waals surface area contributed by atoms with Crippen molar-refractivity contribution in [1.82, 2.24) is 0 Å². The second-order valence-electron chi connectivity index (χ2n) is 3.68. The van der Waals surface area contributed by atoms with E-state index in [9.17, 15) is 9.18 Å². The molecule has 1 heterocycles. The molecule has 0 spiro atoms. The third kappa shape index (κ3) is 2.00. The van der Waals surface area contributed by atoms with Crippen LogP contribution in [0.4, 0.5) is 10.1 Å². The highest BCUT2D eigenvalue weighted by molar-refractivity contribution is 7.81. The summed E-state index contributed by atoms with van der Waals surface area (Å²) in [6, 6.07) is 4.40. The first kappa shape index (κ1) is 11.3. The van der Waals surface area contributed by atoms with Crippen molar-refractivity contribution < 1.29 is 13.9 Å². The fraction of sp³-hybridized carbons (Fsp3) is 0.364. The Balaban J connectivity index is 2.30. The van der Waals surface area contributed by atoms with Crippen molar-refractivity contribution in [3.05, 3.63) is 24.0 Å². The molecular formula is C11H12FNO2S. The molecule has 0 aliphatic carbocycles. The first-order chi connectivity index (χ1) is 7.61. The van der Waals surface area contributed by atoms with Gasteiger partial charge in [-0.05, 0) is 12.1 Å². The average molecular weight is 241 g/mol. The average Bonchev–Trinajstić information content (AvgIpc) is 2.59. The second kappa shape index (κ2) is 4.33. The molecule has 1 fully saturated rings. The molecule has 0 bridgehead atoms. The molecule has 1 aliphatic rings. The number of hydrogen-bond donors (Lipinski definition) is 1. The maximum Gasteiger partial charge on any atom is 0.228 e. The van der Waals surface area contributed by atoms with E-state index in [1.54, 1.807) is 11.0 Å². The van der Waals surface area contributed by atoms with Gasteiger partial charge in [-0.3, -0.25) is 4.79 Å². The molecular weight excluding hydrogens is 229 g/mol. The van der Waals surface area contributed by atoms with Crippen molar-refractivity contribution in [2.45, 2.75) is 11.7 Å². The Morgan fingerprint density at radius 3 is 2.88 bits per heavy atom. The minimum absolute atomic E-state index is 0.00802. The van der Waals surface area contributed by atoms with E-state index < -0.39 is 5.82 Å². The lowest BCUT2D eigenvalue weighted by Gasteiger charge is -2.16. The molecule has 3 nitrogen and oxygen atoms in total. The van der Waals surface area contributed by atoms with Crippen LogP contribution in [0.15, 0.2) is 18.2 Å². The van der Waals surface area contributed by atoms with E-state index in [1.807, 2.05) is 0 Å². The normalized spacial score (nSPS) is 20.3. The Hall–Kier alpha value is -1.23. The van der Waals surface area contributed by atoms with Gasteiger partial charge >= 0.3 is 0 Å². The van der Waals surface area contributed by atoms with Crippen molar-refractivity contribution in [2.75, 3.05) is 18.6 Å². The molecule has 1 atom stereocenters. The van der Waals surface area contributed by atoms with Crippen LogP contribution >= 0.6 is 12.6 Å². The standard InChI is InChI=1S/C11H12FNO2S/c1-15-10-4-7(2-3-9(10)12)13-6-8(16)5-11(13)14/h2-4,8,16H,5-6H2,1H3. The number of hydrogen-bond acceptors (Lipinski definition) is 3. The molecule has 5 heteroatoms. The Morgan fingerprint density at radius 2 is 2.31 bits per heavy atom. The number of amides is 1. The van der Waals surface area contributed by atoms with Gasteiger partial charge in [0.25, 0.3) is 0 Å². The predicted molar refractivity (Wildman–Crippen MR) is 62.7 cm³/mol. The summed E-state index contributed by atoms with van der Waals surface area (Å²) in [6.45, 7) is 0.552. The van der Waals surface area contributed by atoms with Crippen LogP contribution in [0.25, 0.3) is 0 Å². The third-order valence-electron chi connectivity index (χ3n) is 2.55. The molecule has 0 aromatic heterocycles. The summed E-state index contributed by atoms with van der Waals surface area (Å²) in [6.07, 6.45) is 0.419. The zero-order chi connectivity index (χ0) is 11.7. The molecule has 0 saturated carbocycles. The van der Waals surface area contributed by atoms with Crippen LogP contribution in [-0.4, -0.2) is 24.8 Å². The van der Waals surface area contributed by atoms with Gasteiger partial charge in [0, 0.05) is 30.0 Å². The topological polar surface area (TPSA) is 29.5 Å². The third-order valence-corrected chi connectivity index (χ3v) is 2.90. The Labute approximate surface area is 98.6 Å². The van der Waals surface area contributed by atoms with Crippen LogP contribution in [0.1, 0.15) is 6.42 Å². The molecule has 0 N–H and O–H groups in total. The number of thiol groups is 1. The Kier molecular flexibility index (Phi) is 3.05. The highest BCUT2D eigenvalue weighted by Crippen LogP contribution is 2.28. The van der Waals surface area contributed by atoms with Gasteiger partial charge in [-0.15, -0.1) is 0 Å². The zero-order valence-corrected chi connectivity index (χ0v) is 9.71. The van der Waals surface area contributed by atoms with Gasteiger partial charge in [0.05, 0.1) is 7.11 Å². The van der Waals surface area contributed by atoms with Gasteiger partial charge in [0.1, 0.15) is 0 Å². The number of carbonyl (C=O) groups is 1. The van der Waals surface area contributed by atoms with Gasteiger partial charge in [-0.2, -0.15) is 12.6 Å². The molecule has 16 heavy (non-hydrogen) atoms. The lowest BCUT2D eigenvalue weighted by molar-refractivity contribution is -0.117. The van der Waals surface area contributed by atoms with E-state index in [0.29, 0.717) is 18.7 Å². The molecule has 86 valence electrons. The first-order valence-corrected chi connectivity index (χ1v) is 5.45. The number of ether oxygens (including phenoxy) is 1. The molecule has 2 rings (SSSR count). The van der Waals surface area contributed by atoms with E-state index in [1.165, 1.54) is 19.2 Å². The van der Waals surface area contributed by atoms with Crippen molar-refractivity contribution in [1.29, 1.82) is 0 Å². The van der Waals surface area contributed by atoms with Crippen LogP contribution in [0, 0.1) is 5.82 Å². The molecule has 0 radical (unpaired) electrons. The van der Waals surface area contributed by atoms with E-state index in [4.69, 9.17) is 4.74 Å². The van der Waals surface area contributed by atoms with E-state index >= 15 is 0 Å². The minimum atomic E-state index is -0.430. The van der Waals surface area contributed by atoms with Crippen LogP contribution in [0.2, 0.25) is 0 Å². The first-order valence-electron chi connectivity index (χ1n) is 4.94. The van der Waals surface area contributed by atoms with Gasteiger partial charge < -0.3 is 9.64 Å². The summed E-state index contributed by atoms with van der Waals surface area (Å²) in [5, 5.41) is 0.0450. The summed E-state index contributed by atoms with van der Waals surface area (Å²) in [5.41, 5.74) is 0.653. The molecule has 1 aliphatic heterocycles. The monoisotopic (exact) mass is 241 g/mol. The number of benzene rings is 1. The number of halogens is 1. The lowest BCUT2D eigenvalue weighted by Crippen LogP contribution is -2.24. The van der Waals surface area contributed by atoms with E-state index in [0.717, 1.165) is 0 Å². The van der Waals surface area contributed by atoms with Crippen molar-refractivity contribution in [2.24, 2.45) is 0 Å². The summed E-state index contributed by atoms with van der Waals surface area (Å²) in [4.78, 5) is 13.2. The minimum Gasteiger partial charge on any atom is -0.494 e. The predicted octanol–water partition coefficient (Wildman–Crippen LogP) is 1.87. The Morgan fingerprint density at radius 1 is 1.56 bits per heavy atom. The maximum absolute atomic E-state index is 13.2. The molecule has 1 amide bonds. The smallest absolute Gasteiger partial charge is 0.228 e. The van der Waals surface area contributed by atoms with E-state index in [-0.39, 0.29) is 16.9 Å². The van der Waals surface area contributed by atoms with Crippen molar-refractivity contribution in [3.63, 3.8) is 0 Å². The van der Waals surface area contributed by atoms with Crippen LogP contribution in [0.3, 0.4) is 0 Å². The van der Waals surface area contributed by atoms with Crippen molar-refractivity contribution in [3.8, 4) is 5.75 Å². The summed E-state index contributed by atoms with van der Waals surface area (Å²) in [5.74, 6) is -0.276. The Bertz CT molecular complexity index is 424. The summed E-state index contributed by atoms with van der Waals surface area (Å²) >= 11 is 4.26. The summed E-state index contributed by atoms with van der Waals surface area (Å²) in [7, 11) is 1.40. The maximum atomic E-state index is 13.2. The van der Waals surface area contributed by atoms with Gasteiger partial charge in [0.15, 0.2) is 11.6 Å². The molecule has 1 saturated heterocycles. The van der Waals surface area contributed by atoms with Crippen molar-refractivity contribution >= 4 is 24.2 Å². The van der Waals surface area contributed by atoms with E-state index in [2.05, 4.69) is 12.6 Å². The second-order valence-corrected chi connectivity index (χ2v) is 4.41.